The Hall–Kier alpha value is -2.66. The zero-order valence-electron chi connectivity index (χ0n) is 15.8. The molecule has 0 radical (unpaired) electrons. The predicted octanol–water partition coefficient (Wildman–Crippen LogP) is 4.09. The van der Waals surface area contributed by atoms with Crippen molar-refractivity contribution in [3.63, 3.8) is 0 Å². The van der Waals surface area contributed by atoms with Crippen LogP contribution < -0.4 is 5.32 Å². The Bertz CT molecular complexity index is 927. The number of hydrogen-bond acceptors (Lipinski definition) is 4. The molecule has 1 saturated heterocycles. The summed E-state index contributed by atoms with van der Waals surface area (Å²) < 4.78 is 5.66. The van der Waals surface area contributed by atoms with Gasteiger partial charge in [0.25, 0.3) is 5.91 Å². The van der Waals surface area contributed by atoms with Gasteiger partial charge in [-0.15, -0.1) is 0 Å². The Morgan fingerprint density at radius 2 is 1.93 bits per heavy atom. The highest BCUT2D eigenvalue weighted by Gasteiger charge is 2.25. The molecule has 5 heteroatoms. The summed E-state index contributed by atoms with van der Waals surface area (Å²) in [4.78, 5) is 19.4. The van der Waals surface area contributed by atoms with E-state index in [4.69, 9.17) is 4.42 Å². The van der Waals surface area contributed by atoms with Gasteiger partial charge in [-0.1, -0.05) is 30.3 Å². The molecule has 140 valence electrons. The number of benzene rings is 1. The summed E-state index contributed by atoms with van der Waals surface area (Å²) in [6, 6.07) is 16.6. The van der Waals surface area contributed by atoms with E-state index in [9.17, 15) is 4.79 Å². The van der Waals surface area contributed by atoms with Gasteiger partial charge < -0.3 is 9.73 Å². The topological polar surface area (TPSA) is 58.4 Å². The Morgan fingerprint density at radius 3 is 2.67 bits per heavy atom. The number of hydrogen-bond donors (Lipinski definition) is 1. The van der Waals surface area contributed by atoms with E-state index in [0.717, 1.165) is 37.1 Å². The zero-order chi connectivity index (χ0) is 18.8. The van der Waals surface area contributed by atoms with Crippen molar-refractivity contribution in [1.29, 1.82) is 0 Å². The van der Waals surface area contributed by atoms with Gasteiger partial charge in [0.15, 0.2) is 11.3 Å². The Balaban J connectivity index is 1.35. The van der Waals surface area contributed by atoms with E-state index in [-0.39, 0.29) is 11.9 Å². The zero-order valence-corrected chi connectivity index (χ0v) is 15.8. The van der Waals surface area contributed by atoms with Crippen LogP contribution in [0.25, 0.3) is 11.1 Å². The average Bonchev–Trinajstić information content (AvgIpc) is 3.12. The second-order valence-corrected chi connectivity index (χ2v) is 7.32. The number of nitrogens with zero attached hydrogens (tertiary/aromatic N) is 2. The van der Waals surface area contributed by atoms with Crippen molar-refractivity contribution in [3.8, 4) is 0 Å². The lowest BCUT2D eigenvalue weighted by Gasteiger charge is -2.36. The van der Waals surface area contributed by atoms with Crippen LogP contribution in [0, 0.1) is 6.92 Å². The molecule has 27 heavy (non-hydrogen) atoms. The molecule has 0 spiro atoms. The monoisotopic (exact) mass is 363 g/mol. The third-order valence-electron chi connectivity index (χ3n) is 5.43. The van der Waals surface area contributed by atoms with E-state index < -0.39 is 0 Å². The minimum Gasteiger partial charge on any atom is -0.449 e. The van der Waals surface area contributed by atoms with E-state index in [1.807, 2.05) is 25.1 Å². The van der Waals surface area contributed by atoms with Crippen LogP contribution in [0.3, 0.4) is 0 Å². The van der Waals surface area contributed by atoms with Crippen molar-refractivity contribution in [3.05, 3.63) is 65.5 Å². The standard InChI is InChI=1S/C22H25N3O2/c1-15-8-9-20-19(23-15)14-21(27-20)22(26)24-18-10-12-25(13-11-18)16(2)17-6-4-3-5-7-17/h3-9,14,16,18H,10-13H2,1-2H3,(H,24,26)/t16-/m0/s1. The number of fused-ring (bicyclic) bond motifs is 1. The molecule has 1 N–H and O–H groups in total. The van der Waals surface area contributed by atoms with E-state index in [1.54, 1.807) is 6.07 Å². The van der Waals surface area contributed by atoms with E-state index in [2.05, 4.69) is 46.4 Å². The van der Waals surface area contributed by atoms with Gasteiger partial charge in [-0.2, -0.15) is 0 Å². The lowest BCUT2D eigenvalue weighted by Crippen LogP contribution is -2.45. The molecule has 3 heterocycles. The van der Waals surface area contributed by atoms with Crippen molar-refractivity contribution >= 4 is 17.0 Å². The molecule has 3 aromatic rings. The molecule has 4 rings (SSSR count). The van der Waals surface area contributed by atoms with Crippen LogP contribution in [0.5, 0.6) is 0 Å². The van der Waals surface area contributed by atoms with Gasteiger partial charge in [0.2, 0.25) is 0 Å². The third-order valence-corrected chi connectivity index (χ3v) is 5.43. The first kappa shape index (κ1) is 17.7. The van der Waals surface area contributed by atoms with Gasteiger partial charge in [0.1, 0.15) is 5.52 Å². The highest BCUT2D eigenvalue weighted by atomic mass is 16.3. The molecule has 5 nitrogen and oxygen atoms in total. The highest BCUT2D eigenvalue weighted by Crippen LogP contribution is 2.24. The second kappa shape index (κ2) is 7.53. The van der Waals surface area contributed by atoms with Crippen molar-refractivity contribution in [2.75, 3.05) is 13.1 Å². The molecule has 0 saturated carbocycles. The minimum atomic E-state index is -0.153. The Morgan fingerprint density at radius 1 is 1.19 bits per heavy atom. The second-order valence-electron chi connectivity index (χ2n) is 7.32. The van der Waals surface area contributed by atoms with Gasteiger partial charge in [-0.05, 0) is 44.4 Å². The van der Waals surface area contributed by atoms with Crippen LogP contribution in [0.4, 0.5) is 0 Å². The van der Waals surface area contributed by atoms with Crippen LogP contribution in [0.15, 0.2) is 52.9 Å². The summed E-state index contributed by atoms with van der Waals surface area (Å²) in [5, 5.41) is 3.12. The number of pyridine rings is 1. The number of furan rings is 1. The van der Waals surface area contributed by atoms with Gasteiger partial charge in [0.05, 0.1) is 0 Å². The number of carbonyl (C=O) groups is 1. The van der Waals surface area contributed by atoms with E-state index in [1.165, 1.54) is 5.56 Å². The lowest BCUT2D eigenvalue weighted by molar-refractivity contribution is 0.0871. The molecule has 1 amide bonds. The molecule has 0 bridgehead atoms. The number of amides is 1. The summed E-state index contributed by atoms with van der Waals surface area (Å²) >= 11 is 0. The first-order chi connectivity index (χ1) is 13.1. The number of piperidine rings is 1. The minimum absolute atomic E-state index is 0.153. The van der Waals surface area contributed by atoms with Crippen molar-refractivity contribution in [2.24, 2.45) is 0 Å². The number of likely N-dealkylation sites (tertiary alicyclic amines) is 1. The molecule has 1 aromatic carbocycles. The number of nitrogens with one attached hydrogen (secondary N) is 1. The van der Waals surface area contributed by atoms with Gasteiger partial charge >= 0.3 is 0 Å². The first-order valence-corrected chi connectivity index (χ1v) is 9.57. The molecular formula is C22H25N3O2. The molecular weight excluding hydrogens is 338 g/mol. The Labute approximate surface area is 159 Å². The van der Waals surface area contributed by atoms with Crippen LogP contribution in [-0.4, -0.2) is 34.9 Å². The van der Waals surface area contributed by atoms with Crippen LogP contribution in [-0.2, 0) is 0 Å². The average molecular weight is 363 g/mol. The largest absolute Gasteiger partial charge is 0.449 e. The maximum Gasteiger partial charge on any atom is 0.287 e. The predicted molar refractivity (Wildman–Crippen MR) is 106 cm³/mol. The molecule has 0 unspecified atom stereocenters. The molecule has 1 atom stereocenters. The molecule has 2 aromatic heterocycles. The van der Waals surface area contributed by atoms with E-state index in [0.29, 0.717) is 17.4 Å². The summed E-state index contributed by atoms with van der Waals surface area (Å²) in [5.74, 6) is 0.184. The van der Waals surface area contributed by atoms with Crippen LogP contribution >= 0.6 is 0 Å². The summed E-state index contributed by atoms with van der Waals surface area (Å²) in [6.45, 7) is 6.12. The number of aryl methyl sites for hydroxylation is 1. The normalized spacial score (nSPS) is 17.1. The van der Waals surface area contributed by atoms with E-state index >= 15 is 0 Å². The number of rotatable bonds is 4. The number of carbonyl (C=O) groups excluding carboxylic acids is 1. The Kier molecular flexibility index (Phi) is 4.94. The van der Waals surface area contributed by atoms with Crippen molar-refractivity contribution in [2.45, 2.75) is 38.8 Å². The molecule has 1 aliphatic rings. The fourth-order valence-corrected chi connectivity index (χ4v) is 3.77. The summed E-state index contributed by atoms with van der Waals surface area (Å²) in [6.07, 6.45) is 1.89. The maximum atomic E-state index is 12.6. The van der Waals surface area contributed by atoms with Crippen LogP contribution in [0.1, 0.15) is 47.6 Å². The number of aromatic nitrogens is 1. The third kappa shape index (κ3) is 3.88. The lowest BCUT2D eigenvalue weighted by atomic mass is 10.00. The van der Waals surface area contributed by atoms with Crippen molar-refractivity contribution < 1.29 is 9.21 Å². The first-order valence-electron chi connectivity index (χ1n) is 9.57. The van der Waals surface area contributed by atoms with Gasteiger partial charge in [-0.25, -0.2) is 4.98 Å². The fourth-order valence-electron chi connectivity index (χ4n) is 3.77. The summed E-state index contributed by atoms with van der Waals surface area (Å²) in [5.41, 5.74) is 3.63. The van der Waals surface area contributed by atoms with Crippen LogP contribution in [0.2, 0.25) is 0 Å². The quantitative estimate of drug-likeness (QED) is 0.758. The summed E-state index contributed by atoms with van der Waals surface area (Å²) in [7, 11) is 0. The smallest absolute Gasteiger partial charge is 0.287 e. The molecule has 1 aliphatic heterocycles. The van der Waals surface area contributed by atoms with Gasteiger partial charge in [-0.3, -0.25) is 9.69 Å². The SMILES string of the molecule is Cc1ccc2oc(C(=O)NC3CCN([C@@H](C)c4ccccc4)CC3)cc2n1. The van der Waals surface area contributed by atoms with Crippen molar-refractivity contribution in [1.82, 2.24) is 15.2 Å². The highest BCUT2D eigenvalue weighted by molar-refractivity contribution is 5.95. The molecule has 1 fully saturated rings. The molecule has 0 aliphatic carbocycles. The maximum absolute atomic E-state index is 12.6. The van der Waals surface area contributed by atoms with Gasteiger partial charge in [0, 0.05) is 36.9 Å². The fraction of sp³-hybridized carbons (Fsp3) is 0.364.